The molecule has 0 unspecified atom stereocenters. The van der Waals surface area contributed by atoms with Gasteiger partial charge in [-0.2, -0.15) is 0 Å². The van der Waals surface area contributed by atoms with Crippen molar-refractivity contribution in [3.05, 3.63) is 65.4 Å². The zero-order valence-corrected chi connectivity index (χ0v) is 16.3. The zero-order chi connectivity index (χ0) is 19.7. The molecule has 1 aliphatic heterocycles. The Balaban J connectivity index is 1.41. The molecule has 9 heteroatoms. The van der Waals surface area contributed by atoms with Gasteiger partial charge >= 0.3 is 0 Å². The summed E-state index contributed by atoms with van der Waals surface area (Å²) in [6.07, 6.45) is 0.550. The Kier molecular flexibility index (Phi) is 4.96. The van der Waals surface area contributed by atoms with E-state index in [-0.39, 0.29) is 10.8 Å². The number of benzene rings is 2. The van der Waals surface area contributed by atoms with Crippen LogP contribution in [0.5, 0.6) is 0 Å². The van der Waals surface area contributed by atoms with Gasteiger partial charge in [-0.25, -0.2) is 13.6 Å². The van der Waals surface area contributed by atoms with Crippen LogP contribution in [0.2, 0.25) is 0 Å². The molecule has 144 valence electrons. The number of carbonyl (C=O) groups excluding carboxylic acids is 1. The Morgan fingerprint density at radius 1 is 1.18 bits per heavy atom. The van der Waals surface area contributed by atoms with Gasteiger partial charge in [-0.3, -0.25) is 4.79 Å². The summed E-state index contributed by atoms with van der Waals surface area (Å²) >= 11 is 1.65. The van der Waals surface area contributed by atoms with E-state index in [1.165, 1.54) is 12.1 Å². The molecule has 1 amide bonds. The molecule has 28 heavy (non-hydrogen) atoms. The van der Waals surface area contributed by atoms with Crippen molar-refractivity contribution in [3.8, 4) is 11.3 Å². The highest BCUT2D eigenvalue weighted by Crippen LogP contribution is 2.42. The molecule has 0 bridgehead atoms. The number of hydrogen-bond acceptors (Lipinski definition) is 6. The predicted molar refractivity (Wildman–Crippen MR) is 105 cm³/mol. The van der Waals surface area contributed by atoms with E-state index in [1.807, 2.05) is 24.3 Å². The molecule has 0 radical (unpaired) electrons. The van der Waals surface area contributed by atoms with Gasteiger partial charge in [0.2, 0.25) is 10.0 Å². The molecule has 1 aliphatic rings. The quantitative estimate of drug-likeness (QED) is 0.662. The van der Waals surface area contributed by atoms with Crippen molar-refractivity contribution in [3.63, 3.8) is 0 Å². The van der Waals surface area contributed by atoms with E-state index in [4.69, 9.17) is 9.66 Å². The summed E-state index contributed by atoms with van der Waals surface area (Å²) in [6, 6.07) is 14.1. The third-order valence-corrected chi connectivity index (χ3v) is 6.49. The van der Waals surface area contributed by atoms with Crippen LogP contribution < -0.4 is 10.5 Å². The molecule has 3 N–H and O–H groups in total. The van der Waals surface area contributed by atoms with E-state index in [1.54, 1.807) is 23.9 Å². The predicted octanol–water partition coefficient (Wildman–Crippen LogP) is 2.57. The van der Waals surface area contributed by atoms with E-state index in [0.29, 0.717) is 30.2 Å². The summed E-state index contributed by atoms with van der Waals surface area (Å²) in [6.45, 7) is 0.388. The molecule has 0 spiro atoms. The van der Waals surface area contributed by atoms with Crippen molar-refractivity contribution in [2.45, 2.75) is 22.0 Å². The normalized spacial score (nSPS) is 12.9. The van der Waals surface area contributed by atoms with E-state index in [2.05, 4.69) is 10.5 Å². The van der Waals surface area contributed by atoms with Gasteiger partial charge in [-0.1, -0.05) is 29.4 Å². The molecule has 2 heterocycles. The van der Waals surface area contributed by atoms with E-state index < -0.39 is 10.0 Å². The number of rotatable bonds is 5. The molecular weight excluding hydrogens is 398 g/mol. The second kappa shape index (κ2) is 7.42. The Morgan fingerprint density at radius 2 is 1.93 bits per heavy atom. The maximum Gasteiger partial charge on any atom is 0.273 e. The number of primary sulfonamides is 1. The first-order chi connectivity index (χ1) is 13.4. The van der Waals surface area contributed by atoms with Crippen LogP contribution in [0.3, 0.4) is 0 Å². The maximum atomic E-state index is 12.5. The molecule has 0 fully saturated rings. The lowest BCUT2D eigenvalue weighted by Crippen LogP contribution is -2.27. The summed E-state index contributed by atoms with van der Waals surface area (Å²) in [4.78, 5) is 13.7. The monoisotopic (exact) mass is 415 g/mol. The lowest BCUT2D eigenvalue weighted by Gasteiger charge is -2.13. The summed E-state index contributed by atoms with van der Waals surface area (Å²) in [5.74, 6) is 0.998. The second-order valence-electron chi connectivity index (χ2n) is 6.32. The SMILES string of the molecule is NS(=O)(=O)c1ccc(CCNC(=O)c2noc3c2CSc2ccccc2-3)cc1. The molecule has 0 saturated heterocycles. The Morgan fingerprint density at radius 3 is 2.68 bits per heavy atom. The first kappa shape index (κ1) is 18.7. The number of carbonyl (C=O) groups is 1. The van der Waals surface area contributed by atoms with Crippen LogP contribution >= 0.6 is 11.8 Å². The first-order valence-electron chi connectivity index (χ1n) is 8.54. The maximum absolute atomic E-state index is 12.5. The fourth-order valence-electron chi connectivity index (χ4n) is 3.01. The highest BCUT2D eigenvalue weighted by molar-refractivity contribution is 7.98. The largest absolute Gasteiger partial charge is 0.355 e. The van der Waals surface area contributed by atoms with Crippen LogP contribution in [-0.2, 0) is 22.2 Å². The molecular formula is C19H17N3O4S2. The van der Waals surface area contributed by atoms with Crippen molar-refractivity contribution < 1.29 is 17.7 Å². The van der Waals surface area contributed by atoms with Gasteiger partial charge < -0.3 is 9.84 Å². The smallest absolute Gasteiger partial charge is 0.273 e. The Hall–Kier alpha value is -2.62. The summed E-state index contributed by atoms with van der Waals surface area (Å²) in [5.41, 5.74) is 2.95. The van der Waals surface area contributed by atoms with Crippen LogP contribution in [0.15, 0.2) is 62.8 Å². The van der Waals surface area contributed by atoms with Crippen LogP contribution in [0.25, 0.3) is 11.3 Å². The van der Waals surface area contributed by atoms with E-state index in [0.717, 1.165) is 21.6 Å². The van der Waals surface area contributed by atoms with E-state index >= 15 is 0 Å². The van der Waals surface area contributed by atoms with Gasteiger partial charge in [-0.15, -0.1) is 11.8 Å². The van der Waals surface area contributed by atoms with Gasteiger partial charge in [0.25, 0.3) is 5.91 Å². The third-order valence-electron chi connectivity index (χ3n) is 4.46. The van der Waals surface area contributed by atoms with Gasteiger partial charge in [-0.05, 0) is 36.2 Å². The molecule has 3 aromatic rings. The number of hydrogen-bond donors (Lipinski definition) is 2. The molecule has 7 nitrogen and oxygen atoms in total. The number of thioether (sulfide) groups is 1. The van der Waals surface area contributed by atoms with Gasteiger partial charge in [0.15, 0.2) is 11.5 Å². The van der Waals surface area contributed by atoms with Crippen molar-refractivity contribution in [1.29, 1.82) is 0 Å². The topological polar surface area (TPSA) is 115 Å². The molecule has 1 aromatic heterocycles. The third kappa shape index (κ3) is 3.68. The number of fused-ring (bicyclic) bond motifs is 3. The number of nitrogens with zero attached hydrogens (tertiary/aromatic N) is 1. The highest BCUT2D eigenvalue weighted by Gasteiger charge is 2.27. The van der Waals surface area contributed by atoms with E-state index in [9.17, 15) is 13.2 Å². The molecule has 2 aromatic carbocycles. The van der Waals surface area contributed by atoms with Crippen LogP contribution in [-0.4, -0.2) is 26.0 Å². The summed E-state index contributed by atoms with van der Waals surface area (Å²) < 4.78 is 28.0. The first-order valence-corrected chi connectivity index (χ1v) is 11.1. The number of amides is 1. The van der Waals surface area contributed by atoms with Crippen LogP contribution in [0, 0.1) is 0 Å². The van der Waals surface area contributed by atoms with Gasteiger partial charge in [0.1, 0.15) is 0 Å². The molecule has 0 saturated carbocycles. The minimum atomic E-state index is -3.70. The van der Waals surface area contributed by atoms with Gasteiger partial charge in [0, 0.05) is 28.3 Å². The summed E-state index contributed by atoms with van der Waals surface area (Å²) in [5, 5.41) is 11.9. The molecule has 0 aliphatic carbocycles. The minimum Gasteiger partial charge on any atom is -0.355 e. The average Bonchev–Trinajstić information content (AvgIpc) is 3.12. The van der Waals surface area contributed by atoms with Crippen LogP contribution in [0.4, 0.5) is 0 Å². The lowest BCUT2D eigenvalue weighted by molar-refractivity contribution is 0.0944. The van der Waals surface area contributed by atoms with Crippen molar-refractivity contribution in [2.24, 2.45) is 5.14 Å². The Labute approximate surface area is 166 Å². The highest BCUT2D eigenvalue weighted by atomic mass is 32.2. The van der Waals surface area contributed by atoms with Gasteiger partial charge in [0.05, 0.1) is 4.90 Å². The fraction of sp³-hybridized carbons (Fsp3) is 0.158. The number of aromatic nitrogens is 1. The summed E-state index contributed by atoms with van der Waals surface area (Å²) in [7, 11) is -3.70. The zero-order valence-electron chi connectivity index (χ0n) is 14.7. The average molecular weight is 415 g/mol. The number of nitrogens with one attached hydrogen (secondary N) is 1. The standard InChI is InChI=1S/C19H17N3O4S2/c20-28(24,25)13-7-5-12(6-8-13)9-10-21-19(23)17-15-11-27-16-4-2-1-3-14(16)18(15)26-22-17/h1-8H,9-11H2,(H,21,23)(H2,20,24,25). The fourth-order valence-corrected chi connectivity index (χ4v) is 4.59. The number of nitrogens with two attached hydrogens (primary N) is 1. The molecule has 0 atom stereocenters. The minimum absolute atomic E-state index is 0.0623. The van der Waals surface area contributed by atoms with Crippen molar-refractivity contribution in [2.75, 3.05) is 6.54 Å². The Bertz CT molecular complexity index is 1140. The molecule has 4 rings (SSSR count). The van der Waals surface area contributed by atoms with Crippen LogP contribution in [0.1, 0.15) is 21.6 Å². The number of sulfonamides is 1. The van der Waals surface area contributed by atoms with Crippen molar-refractivity contribution >= 4 is 27.7 Å². The second-order valence-corrected chi connectivity index (χ2v) is 8.90. The van der Waals surface area contributed by atoms with Crippen molar-refractivity contribution in [1.82, 2.24) is 10.5 Å². The lowest BCUT2D eigenvalue weighted by atomic mass is 10.1.